The van der Waals surface area contributed by atoms with E-state index in [1.807, 2.05) is 0 Å². The molecule has 3 unspecified atom stereocenters. The SMILES string of the molecule is Cc1ccccc1C(C(C)N)N1CCN2C(=O)CCC2C1. The second-order valence-electron chi connectivity index (χ2n) is 6.44. The molecule has 0 bridgehead atoms. The molecule has 2 N–H and O–H groups in total. The minimum atomic E-state index is 0.0785. The largest absolute Gasteiger partial charge is 0.337 e. The fourth-order valence-corrected chi connectivity index (χ4v) is 3.87. The summed E-state index contributed by atoms with van der Waals surface area (Å²) in [5.41, 5.74) is 8.93. The highest BCUT2D eigenvalue weighted by Gasteiger charge is 2.38. The Morgan fingerprint density at radius 3 is 2.76 bits per heavy atom. The molecule has 2 aliphatic rings. The summed E-state index contributed by atoms with van der Waals surface area (Å²) < 4.78 is 0. The number of piperazine rings is 1. The number of carbonyl (C=O) groups excluding carboxylic acids is 1. The molecule has 3 rings (SSSR count). The maximum absolute atomic E-state index is 11.8. The van der Waals surface area contributed by atoms with Crippen LogP contribution in [0.15, 0.2) is 24.3 Å². The van der Waals surface area contributed by atoms with Gasteiger partial charge in [0.25, 0.3) is 0 Å². The lowest BCUT2D eigenvalue weighted by atomic mass is 9.94. The standard InChI is InChI=1S/C17H25N3O/c1-12-5-3-4-6-15(12)17(13(2)18)19-9-10-20-14(11-19)7-8-16(20)21/h3-6,13-14,17H,7-11,18H2,1-2H3. The quantitative estimate of drug-likeness (QED) is 0.920. The van der Waals surface area contributed by atoms with E-state index in [4.69, 9.17) is 5.73 Å². The molecule has 2 saturated heterocycles. The highest BCUT2D eigenvalue weighted by atomic mass is 16.2. The van der Waals surface area contributed by atoms with Crippen molar-refractivity contribution in [2.24, 2.45) is 5.73 Å². The molecule has 1 amide bonds. The molecule has 0 radical (unpaired) electrons. The van der Waals surface area contributed by atoms with Crippen molar-refractivity contribution in [1.29, 1.82) is 0 Å². The van der Waals surface area contributed by atoms with Gasteiger partial charge in [0.1, 0.15) is 0 Å². The summed E-state index contributed by atoms with van der Waals surface area (Å²) in [6, 6.07) is 9.21. The molecule has 2 heterocycles. The van der Waals surface area contributed by atoms with E-state index >= 15 is 0 Å². The van der Waals surface area contributed by atoms with Gasteiger partial charge in [-0.05, 0) is 31.4 Å². The smallest absolute Gasteiger partial charge is 0.222 e. The van der Waals surface area contributed by atoms with Crippen LogP contribution in [0.25, 0.3) is 0 Å². The van der Waals surface area contributed by atoms with Crippen LogP contribution in [0.2, 0.25) is 0 Å². The molecule has 21 heavy (non-hydrogen) atoms. The molecule has 114 valence electrons. The Morgan fingerprint density at radius 2 is 2.05 bits per heavy atom. The summed E-state index contributed by atoms with van der Waals surface area (Å²) in [7, 11) is 0. The second-order valence-corrected chi connectivity index (χ2v) is 6.44. The number of nitrogens with two attached hydrogens (primary N) is 1. The van der Waals surface area contributed by atoms with Crippen molar-refractivity contribution in [2.75, 3.05) is 19.6 Å². The van der Waals surface area contributed by atoms with Gasteiger partial charge >= 0.3 is 0 Å². The number of hydrogen-bond donors (Lipinski definition) is 1. The summed E-state index contributed by atoms with van der Waals surface area (Å²) in [6.45, 7) is 6.96. The third kappa shape index (κ3) is 2.70. The van der Waals surface area contributed by atoms with Crippen molar-refractivity contribution in [1.82, 2.24) is 9.80 Å². The van der Waals surface area contributed by atoms with Gasteiger partial charge in [-0.15, -0.1) is 0 Å². The van der Waals surface area contributed by atoms with E-state index < -0.39 is 0 Å². The summed E-state index contributed by atoms with van der Waals surface area (Å²) in [6.07, 6.45) is 1.71. The molecule has 0 aliphatic carbocycles. The van der Waals surface area contributed by atoms with Crippen molar-refractivity contribution < 1.29 is 4.79 Å². The van der Waals surface area contributed by atoms with E-state index in [0.29, 0.717) is 18.4 Å². The third-order valence-electron chi connectivity index (χ3n) is 4.92. The lowest BCUT2D eigenvalue weighted by Crippen LogP contribution is -2.54. The van der Waals surface area contributed by atoms with Crippen LogP contribution in [0.4, 0.5) is 0 Å². The van der Waals surface area contributed by atoms with Gasteiger partial charge in [-0.3, -0.25) is 9.69 Å². The molecule has 3 atom stereocenters. The zero-order valence-electron chi connectivity index (χ0n) is 13.0. The summed E-state index contributed by atoms with van der Waals surface area (Å²) in [5, 5.41) is 0. The summed E-state index contributed by atoms with van der Waals surface area (Å²) >= 11 is 0. The average Bonchev–Trinajstić information content (AvgIpc) is 2.82. The molecule has 1 aromatic carbocycles. The first-order chi connectivity index (χ1) is 10.1. The number of aryl methyl sites for hydroxylation is 1. The fraction of sp³-hybridized carbons (Fsp3) is 0.588. The molecule has 4 heteroatoms. The number of rotatable bonds is 3. The van der Waals surface area contributed by atoms with Gasteiger partial charge in [-0.25, -0.2) is 0 Å². The normalized spacial score (nSPS) is 25.8. The lowest BCUT2D eigenvalue weighted by molar-refractivity contribution is -0.131. The van der Waals surface area contributed by atoms with Gasteiger partial charge in [-0.1, -0.05) is 24.3 Å². The Hall–Kier alpha value is -1.39. The van der Waals surface area contributed by atoms with E-state index in [2.05, 4.69) is 47.9 Å². The van der Waals surface area contributed by atoms with Crippen LogP contribution >= 0.6 is 0 Å². The zero-order chi connectivity index (χ0) is 15.0. The van der Waals surface area contributed by atoms with Gasteiger partial charge in [0, 0.05) is 38.1 Å². The highest BCUT2D eigenvalue weighted by Crippen LogP contribution is 2.31. The number of hydrogen-bond acceptors (Lipinski definition) is 3. The van der Waals surface area contributed by atoms with E-state index in [0.717, 1.165) is 26.1 Å². The van der Waals surface area contributed by atoms with Crippen molar-refractivity contribution in [3.63, 3.8) is 0 Å². The van der Waals surface area contributed by atoms with Crippen LogP contribution in [0.3, 0.4) is 0 Å². The number of fused-ring (bicyclic) bond motifs is 1. The highest BCUT2D eigenvalue weighted by molar-refractivity contribution is 5.78. The fourth-order valence-electron chi connectivity index (χ4n) is 3.87. The molecule has 0 saturated carbocycles. The minimum Gasteiger partial charge on any atom is -0.337 e. The van der Waals surface area contributed by atoms with Crippen LogP contribution in [0.1, 0.15) is 36.9 Å². The molecule has 0 spiro atoms. The number of carbonyl (C=O) groups is 1. The van der Waals surface area contributed by atoms with Crippen molar-refractivity contribution >= 4 is 5.91 Å². The lowest BCUT2D eigenvalue weighted by Gasteiger charge is -2.43. The molecule has 2 fully saturated rings. The number of amides is 1. The Balaban J connectivity index is 1.83. The van der Waals surface area contributed by atoms with Gasteiger partial charge in [-0.2, -0.15) is 0 Å². The summed E-state index contributed by atoms with van der Waals surface area (Å²) in [5.74, 6) is 0.327. The van der Waals surface area contributed by atoms with Crippen LogP contribution in [-0.4, -0.2) is 47.4 Å². The third-order valence-corrected chi connectivity index (χ3v) is 4.92. The van der Waals surface area contributed by atoms with Crippen molar-refractivity contribution in [3.8, 4) is 0 Å². The van der Waals surface area contributed by atoms with Crippen LogP contribution in [0, 0.1) is 6.92 Å². The average molecular weight is 287 g/mol. The Morgan fingerprint density at radius 1 is 1.29 bits per heavy atom. The Labute approximate surface area is 126 Å². The molecule has 1 aromatic rings. The maximum Gasteiger partial charge on any atom is 0.222 e. The van der Waals surface area contributed by atoms with Crippen molar-refractivity contribution in [3.05, 3.63) is 35.4 Å². The first-order valence-electron chi connectivity index (χ1n) is 7.92. The zero-order valence-corrected chi connectivity index (χ0v) is 13.0. The first kappa shape index (κ1) is 14.5. The Bertz CT molecular complexity index is 529. The topological polar surface area (TPSA) is 49.6 Å². The number of benzene rings is 1. The molecule has 4 nitrogen and oxygen atoms in total. The van der Waals surface area contributed by atoms with Gasteiger partial charge < -0.3 is 10.6 Å². The molecule has 2 aliphatic heterocycles. The monoisotopic (exact) mass is 287 g/mol. The van der Waals surface area contributed by atoms with Gasteiger partial charge in [0.05, 0.1) is 6.04 Å². The van der Waals surface area contributed by atoms with Gasteiger partial charge in [0.2, 0.25) is 5.91 Å². The molecule has 0 aromatic heterocycles. The van der Waals surface area contributed by atoms with E-state index in [-0.39, 0.29) is 12.1 Å². The van der Waals surface area contributed by atoms with Crippen molar-refractivity contribution in [2.45, 2.75) is 44.8 Å². The van der Waals surface area contributed by atoms with E-state index in [1.54, 1.807) is 0 Å². The predicted molar refractivity (Wildman–Crippen MR) is 83.9 cm³/mol. The second kappa shape index (κ2) is 5.78. The molecular formula is C17H25N3O. The van der Waals surface area contributed by atoms with Crippen LogP contribution in [-0.2, 0) is 4.79 Å². The van der Waals surface area contributed by atoms with Gasteiger partial charge in [0.15, 0.2) is 0 Å². The Kier molecular flexibility index (Phi) is 4.00. The minimum absolute atomic E-state index is 0.0785. The first-order valence-corrected chi connectivity index (χ1v) is 7.92. The predicted octanol–water partition coefficient (Wildman–Crippen LogP) is 1.69. The van der Waals surface area contributed by atoms with Crippen LogP contribution in [0.5, 0.6) is 0 Å². The maximum atomic E-state index is 11.8. The summed E-state index contributed by atoms with van der Waals surface area (Å²) in [4.78, 5) is 16.4. The molecular weight excluding hydrogens is 262 g/mol. The van der Waals surface area contributed by atoms with E-state index in [9.17, 15) is 4.79 Å². The van der Waals surface area contributed by atoms with E-state index in [1.165, 1.54) is 11.1 Å². The number of nitrogens with zero attached hydrogens (tertiary/aromatic N) is 2. The van der Waals surface area contributed by atoms with Crippen LogP contribution < -0.4 is 5.73 Å².